The number of nitrogens with zero attached hydrogens (tertiary/aromatic N) is 1. The fraction of sp³-hybridized carbons (Fsp3) is 0. The summed E-state index contributed by atoms with van der Waals surface area (Å²) in [4.78, 5) is 3.28. The van der Waals surface area contributed by atoms with Crippen molar-refractivity contribution in [2.45, 2.75) is 0 Å². The Morgan fingerprint density at radius 1 is 1.00 bits per heavy atom. The van der Waals surface area contributed by atoms with Gasteiger partial charge in [-0.15, -0.1) is 0 Å². The van der Waals surface area contributed by atoms with Crippen molar-refractivity contribution in [3.05, 3.63) is 52.3 Å². The highest BCUT2D eigenvalue weighted by atomic mass is 35.5. The second kappa shape index (κ2) is 4.36. The van der Waals surface area contributed by atoms with E-state index in [1.165, 1.54) is 12.1 Å². The standard InChI is InChI=1S/C11H5Cl2F2N/c12-6-1-2-10(13)8(3-6)9-4-7(14)5-16-11(9)15/h1-5H. The first-order chi connectivity index (χ1) is 7.58. The summed E-state index contributed by atoms with van der Waals surface area (Å²) in [5.41, 5.74) is 0.311. The second-order valence-corrected chi connectivity index (χ2v) is 3.96. The van der Waals surface area contributed by atoms with Crippen LogP contribution < -0.4 is 0 Å². The summed E-state index contributed by atoms with van der Waals surface area (Å²) in [6, 6.07) is 5.57. The number of hydrogen-bond donors (Lipinski definition) is 0. The molecular formula is C11H5Cl2F2N. The highest BCUT2D eigenvalue weighted by Gasteiger charge is 2.11. The molecule has 1 heterocycles. The van der Waals surface area contributed by atoms with Crippen LogP contribution in [0.25, 0.3) is 11.1 Å². The molecule has 1 nitrogen and oxygen atoms in total. The van der Waals surface area contributed by atoms with Crippen LogP contribution in [0.3, 0.4) is 0 Å². The minimum Gasteiger partial charge on any atom is -0.225 e. The molecule has 0 fully saturated rings. The molecular weight excluding hydrogens is 255 g/mol. The lowest BCUT2D eigenvalue weighted by Gasteiger charge is -2.05. The third-order valence-corrected chi connectivity index (χ3v) is 2.59. The van der Waals surface area contributed by atoms with Gasteiger partial charge in [0.15, 0.2) is 0 Å². The van der Waals surface area contributed by atoms with Crippen molar-refractivity contribution in [1.82, 2.24) is 4.98 Å². The third-order valence-electron chi connectivity index (χ3n) is 2.02. The topological polar surface area (TPSA) is 12.9 Å². The lowest BCUT2D eigenvalue weighted by atomic mass is 10.1. The Morgan fingerprint density at radius 3 is 2.50 bits per heavy atom. The number of halogens is 4. The number of pyridine rings is 1. The molecule has 0 aliphatic heterocycles. The Bertz CT molecular complexity index is 494. The molecule has 0 bridgehead atoms. The van der Waals surface area contributed by atoms with Gasteiger partial charge >= 0.3 is 0 Å². The van der Waals surface area contributed by atoms with Crippen molar-refractivity contribution in [2.75, 3.05) is 0 Å². The molecule has 82 valence electrons. The zero-order chi connectivity index (χ0) is 11.7. The van der Waals surface area contributed by atoms with Crippen LogP contribution in [-0.4, -0.2) is 4.98 Å². The maximum atomic E-state index is 13.4. The van der Waals surface area contributed by atoms with E-state index in [9.17, 15) is 8.78 Å². The number of rotatable bonds is 1. The minimum absolute atomic E-state index is 0.00694. The largest absolute Gasteiger partial charge is 0.225 e. The van der Waals surface area contributed by atoms with Gasteiger partial charge in [-0.2, -0.15) is 4.39 Å². The van der Waals surface area contributed by atoms with E-state index in [4.69, 9.17) is 23.2 Å². The van der Waals surface area contributed by atoms with E-state index < -0.39 is 11.8 Å². The lowest BCUT2D eigenvalue weighted by molar-refractivity contribution is 0.563. The van der Waals surface area contributed by atoms with E-state index in [-0.39, 0.29) is 10.6 Å². The summed E-state index contributed by atoms with van der Waals surface area (Å²) < 4.78 is 26.3. The second-order valence-electron chi connectivity index (χ2n) is 3.12. The van der Waals surface area contributed by atoms with Gasteiger partial charge < -0.3 is 0 Å². The van der Waals surface area contributed by atoms with Crippen molar-refractivity contribution in [3.63, 3.8) is 0 Å². The van der Waals surface area contributed by atoms with Gasteiger partial charge in [0.2, 0.25) is 5.95 Å². The van der Waals surface area contributed by atoms with Crippen LogP contribution >= 0.6 is 23.2 Å². The van der Waals surface area contributed by atoms with Gasteiger partial charge in [-0.05, 0) is 24.3 Å². The highest BCUT2D eigenvalue weighted by Crippen LogP contribution is 2.31. The van der Waals surface area contributed by atoms with Crippen molar-refractivity contribution in [2.24, 2.45) is 0 Å². The van der Waals surface area contributed by atoms with E-state index in [0.29, 0.717) is 10.6 Å². The van der Waals surface area contributed by atoms with Crippen molar-refractivity contribution >= 4 is 23.2 Å². The van der Waals surface area contributed by atoms with Gasteiger partial charge in [0, 0.05) is 21.2 Å². The average Bonchev–Trinajstić information content (AvgIpc) is 2.25. The van der Waals surface area contributed by atoms with E-state index in [1.807, 2.05) is 0 Å². The smallest absolute Gasteiger partial charge is 0.220 e. The zero-order valence-corrected chi connectivity index (χ0v) is 9.36. The van der Waals surface area contributed by atoms with Crippen LogP contribution in [0.15, 0.2) is 30.5 Å². The van der Waals surface area contributed by atoms with Crippen LogP contribution in [-0.2, 0) is 0 Å². The molecule has 0 saturated heterocycles. The number of benzene rings is 1. The molecule has 0 saturated carbocycles. The van der Waals surface area contributed by atoms with Crippen LogP contribution in [0.2, 0.25) is 10.0 Å². The summed E-state index contributed by atoms with van der Waals surface area (Å²) in [5, 5.41) is 0.679. The van der Waals surface area contributed by atoms with Crippen LogP contribution in [0.5, 0.6) is 0 Å². The fourth-order valence-corrected chi connectivity index (χ4v) is 1.71. The monoisotopic (exact) mass is 259 g/mol. The Labute approximate surface area is 101 Å². The Hall–Kier alpha value is -1.19. The summed E-state index contributed by atoms with van der Waals surface area (Å²) in [7, 11) is 0. The zero-order valence-electron chi connectivity index (χ0n) is 7.85. The van der Waals surface area contributed by atoms with E-state index in [0.717, 1.165) is 12.3 Å². The highest BCUT2D eigenvalue weighted by molar-refractivity contribution is 6.35. The normalized spacial score (nSPS) is 10.5. The van der Waals surface area contributed by atoms with Crippen LogP contribution in [0.1, 0.15) is 0 Å². The molecule has 0 spiro atoms. The van der Waals surface area contributed by atoms with Crippen molar-refractivity contribution in [1.29, 1.82) is 0 Å². The fourth-order valence-electron chi connectivity index (χ4n) is 1.32. The third kappa shape index (κ3) is 2.15. The van der Waals surface area contributed by atoms with Gasteiger partial charge in [-0.3, -0.25) is 0 Å². The van der Waals surface area contributed by atoms with Gasteiger partial charge in [-0.25, -0.2) is 9.37 Å². The molecule has 0 atom stereocenters. The first kappa shape index (κ1) is 11.3. The van der Waals surface area contributed by atoms with Crippen LogP contribution in [0, 0.1) is 11.8 Å². The molecule has 5 heteroatoms. The van der Waals surface area contributed by atoms with Crippen LogP contribution in [0.4, 0.5) is 8.78 Å². The molecule has 2 rings (SSSR count). The number of hydrogen-bond acceptors (Lipinski definition) is 1. The molecule has 16 heavy (non-hydrogen) atoms. The summed E-state index contributed by atoms with van der Waals surface area (Å²) in [6.07, 6.45) is 0.803. The van der Waals surface area contributed by atoms with E-state index in [1.54, 1.807) is 6.07 Å². The average molecular weight is 260 g/mol. The molecule has 0 N–H and O–H groups in total. The summed E-state index contributed by atoms with van der Waals surface area (Å²) >= 11 is 11.6. The molecule has 0 unspecified atom stereocenters. The Morgan fingerprint density at radius 2 is 1.75 bits per heavy atom. The molecule has 1 aromatic carbocycles. The Balaban J connectivity index is 2.66. The van der Waals surface area contributed by atoms with Crippen molar-refractivity contribution in [3.8, 4) is 11.1 Å². The minimum atomic E-state index is -0.787. The maximum Gasteiger partial charge on any atom is 0.220 e. The van der Waals surface area contributed by atoms with Gasteiger partial charge in [-0.1, -0.05) is 23.2 Å². The van der Waals surface area contributed by atoms with E-state index in [2.05, 4.69) is 4.98 Å². The predicted octanol–water partition coefficient (Wildman–Crippen LogP) is 4.33. The predicted molar refractivity (Wildman–Crippen MR) is 59.6 cm³/mol. The summed E-state index contributed by atoms with van der Waals surface area (Å²) in [5.74, 6) is -1.42. The lowest BCUT2D eigenvalue weighted by Crippen LogP contribution is -1.91. The van der Waals surface area contributed by atoms with Gasteiger partial charge in [0.05, 0.1) is 6.20 Å². The van der Waals surface area contributed by atoms with Crippen molar-refractivity contribution < 1.29 is 8.78 Å². The number of aromatic nitrogens is 1. The molecule has 0 aliphatic rings. The first-order valence-electron chi connectivity index (χ1n) is 4.34. The van der Waals surface area contributed by atoms with Gasteiger partial charge in [0.25, 0.3) is 0 Å². The first-order valence-corrected chi connectivity index (χ1v) is 5.10. The quantitative estimate of drug-likeness (QED) is 0.695. The molecule has 0 amide bonds. The summed E-state index contributed by atoms with van der Waals surface area (Å²) in [6.45, 7) is 0. The molecule has 1 aromatic heterocycles. The molecule has 2 aromatic rings. The maximum absolute atomic E-state index is 13.4. The molecule has 0 radical (unpaired) electrons. The van der Waals surface area contributed by atoms with E-state index >= 15 is 0 Å². The Kier molecular flexibility index (Phi) is 3.08. The molecule has 0 aliphatic carbocycles. The SMILES string of the molecule is Fc1cnc(F)c(-c2cc(Cl)ccc2Cl)c1. The van der Waals surface area contributed by atoms with Gasteiger partial charge in [0.1, 0.15) is 5.82 Å².